The summed E-state index contributed by atoms with van der Waals surface area (Å²) in [4.78, 5) is 45.1. The smallest absolute Gasteiger partial charge is 0.310 e. The third-order valence-electron chi connectivity index (χ3n) is 7.82. The summed E-state index contributed by atoms with van der Waals surface area (Å²) >= 11 is 0. The number of aromatic nitrogens is 2. The fraction of sp³-hybridized carbons (Fsp3) is 0.438. The van der Waals surface area contributed by atoms with Gasteiger partial charge in [-0.15, -0.1) is 0 Å². The first-order chi connectivity index (χ1) is 20.0. The molecule has 0 bridgehead atoms. The van der Waals surface area contributed by atoms with Gasteiger partial charge in [0, 0.05) is 44.9 Å². The second kappa shape index (κ2) is 13.6. The van der Waals surface area contributed by atoms with E-state index in [1.54, 1.807) is 28.5 Å². The van der Waals surface area contributed by atoms with E-state index in [0.717, 1.165) is 29.8 Å². The van der Waals surface area contributed by atoms with Crippen molar-refractivity contribution >= 4 is 17.8 Å². The Kier molecular flexibility index (Phi) is 9.46. The van der Waals surface area contributed by atoms with Gasteiger partial charge in [0.05, 0.1) is 23.5 Å². The van der Waals surface area contributed by atoms with Crippen LogP contribution < -0.4 is 20.9 Å². The molecular weight excluding hydrogens is 518 g/mol. The molecule has 9 heteroatoms. The SMILES string of the molecule is CCC(=O)Oc1ccc(CNCCC(=O)N2CCc3nc(NC4CCCCC4)n(-c4ccccc4)c(=O)c3C2)cc1. The van der Waals surface area contributed by atoms with Gasteiger partial charge in [-0.1, -0.05) is 56.5 Å². The summed E-state index contributed by atoms with van der Waals surface area (Å²) in [7, 11) is 0. The molecule has 1 saturated carbocycles. The first-order valence-electron chi connectivity index (χ1n) is 14.8. The Balaban J connectivity index is 1.21. The van der Waals surface area contributed by atoms with Crippen molar-refractivity contribution < 1.29 is 14.3 Å². The number of rotatable bonds is 10. The van der Waals surface area contributed by atoms with Crippen LogP contribution in [0.1, 0.15) is 68.7 Å². The highest BCUT2D eigenvalue weighted by Gasteiger charge is 2.27. The average Bonchev–Trinajstić information content (AvgIpc) is 3.01. The van der Waals surface area contributed by atoms with E-state index in [4.69, 9.17) is 9.72 Å². The first-order valence-corrected chi connectivity index (χ1v) is 14.8. The maximum absolute atomic E-state index is 13.9. The molecule has 41 heavy (non-hydrogen) atoms. The highest BCUT2D eigenvalue weighted by Crippen LogP contribution is 2.24. The van der Waals surface area contributed by atoms with E-state index in [-0.39, 0.29) is 24.0 Å². The lowest BCUT2D eigenvalue weighted by Gasteiger charge is -2.30. The second-order valence-electron chi connectivity index (χ2n) is 10.8. The normalized spacial score (nSPS) is 15.3. The van der Waals surface area contributed by atoms with Gasteiger partial charge >= 0.3 is 5.97 Å². The number of hydrogen-bond donors (Lipinski definition) is 2. The minimum absolute atomic E-state index is 0.0139. The molecule has 2 aliphatic rings. The molecule has 0 spiro atoms. The Morgan fingerprint density at radius 3 is 2.51 bits per heavy atom. The molecular formula is C32H39N5O4. The van der Waals surface area contributed by atoms with Crippen LogP contribution in [0.3, 0.4) is 0 Å². The zero-order chi connectivity index (χ0) is 28.6. The molecule has 0 unspecified atom stereocenters. The Morgan fingerprint density at radius 1 is 1.02 bits per heavy atom. The van der Waals surface area contributed by atoms with Crippen molar-refractivity contribution in [1.29, 1.82) is 0 Å². The fourth-order valence-electron chi connectivity index (χ4n) is 5.50. The quantitative estimate of drug-likeness (QED) is 0.217. The number of carbonyl (C=O) groups is 2. The van der Waals surface area contributed by atoms with Crippen molar-refractivity contribution in [2.24, 2.45) is 0 Å². The molecule has 1 aliphatic heterocycles. The van der Waals surface area contributed by atoms with Gasteiger partial charge in [-0.2, -0.15) is 0 Å². The van der Waals surface area contributed by atoms with Gasteiger partial charge in [0.2, 0.25) is 11.9 Å². The van der Waals surface area contributed by atoms with Crippen molar-refractivity contribution in [2.75, 3.05) is 18.4 Å². The third kappa shape index (κ3) is 7.21. The molecule has 0 saturated heterocycles. The van der Waals surface area contributed by atoms with Gasteiger partial charge in [0.25, 0.3) is 5.56 Å². The molecule has 1 aliphatic carbocycles. The van der Waals surface area contributed by atoms with Gasteiger partial charge in [-0.3, -0.25) is 14.4 Å². The van der Waals surface area contributed by atoms with Crippen LogP contribution in [0.2, 0.25) is 0 Å². The Bertz CT molecular complexity index is 1400. The Hall–Kier alpha value is -3.98. The number of nitrogens with zero attached hydrogens (tertiary/aromatic N) is 3. The van der Waals surface area contributed by atoms with Gasteiger partial charge in [-0.05, 0) is 42.7 Å². The van der Waals surface area contributed by atoms with Crippen LogP contribution in [0.15, 0.2) is 59.4 Å². The van der Waals surface area contributed by atoms with Crippen LogP contribution in [0, 0.1) is 0 Å². The summed E-state index contributed by atoms with van der Waals surface area (Å²) in [5.74, 6) is 0.882. The Morgan fingerprint density at radius 2 is 1.78 bits per heavy atom. The van der Waals surface area contributed by atoms with E-state index in [1.165, 1.54) is 19.3 Å². The number of para-hydroxylation sites is 1. The minimum Gasteiger partial charge on any atom is -0.427 e. The van der Waals surface area contributed by atoms with Gasteiger partial charge in [0.1, 0.15) is 5.75 Å². The van der Waals surface area contributed by atoms with Gasteiger partial charge in [-0.25, -0.2) is 9.55 Å². The van der Waals surface area contributed by atoms with Crippen LogP contribution >= 0.6 is 0 Å². The molecule has 5 rings (SSSR count). The molecule has 1 aromatic heterocycles. The fourth-order valence-corrected chi connectivity index (χ4v) is 5.50. The summed E-state index contributed by atoms with van der Waals surface area (Å²) < 4.78 is 6.89. The number of amides is 1. The average molecular weight is 558 g/mol. The summed E-state index contributed by atoms with van der Waals surface area (Å²) in [6.07, 6.45) is 7.02. The van der Waals surface area contributed by atoms with E-state index in [0.29, 0.717) is 62.2 Å². The molecule has 216 valence electrons. The number of fused-ring (bicyclic) bond motifs is 1. The summed E-state index contributed by atoms with van der Waals surface area (Å²) in [5, 5.41) is 6.88. The van der Waals surface area contributed by atoms with Crippen molar-refractivity contribution in [3.63, 3.8) is 0 Å². The maximum Gasteiger partial charge on any atom is 0.310 e. The number of ether oxygens (including phenoxy) is 1. The lowest BCUT2D eigenvalue weighted by Crippen LogP contribution is -2.42. The van der Waals surface area contributed by atoms with E-state index in [2.05, 4.69) is 10.6 Å². The standard InChI is InChI=1S/C32H39N5O4/c1-2-30(39)41-26-15-13-23(14-16-26)21-33-19-17-29(38)36-20-18-28-27(22-36)31(40)37(25-11-7-4-8-12-25)32(35-28)34-24-9-5-3-6-10-24/h4,7-8,11-16,24,33H,2-3,5-6,9-10,17-22H2,1H3,(H,34,35). The van der Waals surface area contributed by atoms with Gasteiger partial charge in [0.15, 0.2) is 0 Å². The highest BCUT2D eigenvalue weighted by atomic mass is 16.5. The lowest BCUT2D eigenvalue weighted by atomic mass is 9.96. The summed E-state index contributed by atoms with van der Waals surface area (Å²) in [5.41, 5.74) is 3.08. The van der Waals surface area contributed by atoms with Crippen LogP contribution in [0.5, 0.6) is 5.75 Å². The molecule has 3 aromatic rings. The predicted octanol–water partition coefficient (Wildman–Crippen LogP) is 4.36. The number of esters is 1. The van der Waals surface area contributed by atoms with Crippen LogP contribution in [0.25, 0.3) is 5.69 Å². The van der Waals surface area contributed by atoms with Crippen LogP contribution in [-0.4, -0.2) is 45.5 Å². The van der Waals surface area contributed by atoms with Crippen molar-refractivity contribution in [3.8, 4) is 11.4 Å². The van der Waals surface area contributed by atoms with E-state index < -0.39 is 0 Å². The molecule has 1 amide bonds. The summed E-state index contributed by atoms with van der Waals surface area (Å²) in [6.45, 7) is 3.70. The monoisotopic (exact) mass is 557 g/mol. The zero-order valence-electron chi connectivity index (χ0n) is 23.7. The van der Waals surface area contributed by atoms with Gasteiger partial charge < -0.3 is 20.3 Å². The van der Waals surface area contributed by atoms with Crippen molar-refractivity contribution in [2.45, 2.75) is 77.4 Å². The molecule has 1 fully saturated rings. The molecule has 0 radical (unpaired) electrons. The minimum atomic E-state index is -0.263. The molecule has 9 nitrogen and oxygen atoms in total. The second-order valence-corrected chi connectivity index (χ2v) is 10.8. The number of carbonyl (C=O) groups excluding carboxylic acids is 2. The molecule has 2 heterocycles. The highest BCUT2D eigenvalue weighted by molar-refractivity contribution is 5.76. The topological polar surface area (TPSA) is 106 Å². The third-order valence-corrected chi connectivity index (χ3v) is 7.82. The van der Waals surface area contributed by atoms with Crippen molar-refractivity contribution in [3.05, 3.63) is 81.8 Å². The Labute approximate surface area is 240 Å². The summed E-state index contributed by atoms with van der Waals surface area (Å²) in [6, 6.07) is 17.3. The van der Waals surface area contributed by atoms with Crippen LogP contribution in [-0.2, 0) is 29.1 Å². The van der Waals surface area contributed by atoms with E-state index in [1.807, 2.05) is 42.5 Å². The lowest BCUT2D eigenvalue weighted by molar-refractivity contribution is -0.134. The van der Waals surface area contributed by atoms with E-state index >= 15 is 0 Å². The zero-order valence-corrected chi connectivity index (χ0v) is 23.7. The molecule has 2 N–H and O–H groups in total. The van der Waals surface area contributed by atoms with Crippen LogP contribution in [0.4, 0.5) is 5.95 Å². The number of nitrogens with one attached hydrogen (secondary N) is 2. The predicted molar refractivity (Wildman–Crippen MR) is 158 cm³/mol. The molecule has 2 aromatic carbocycles. The van der Waals surface area contributed by atoms with E-state index in [9.17, 15) is 14.4 Å². The first kappa shape index (κ1) is 28.5. The number of benzene rings is 2. The van der Waals surface area contributed by atoms with Crippen molar-refractivity contribution in [1.82, 2.24) is 19.8 Å². The largest absolute Gasteiger partial charge is 0.427 e. The molecule has 0 atom stereocenters. The number of anilines is 1. The number of hydrogen-bond acceptors (Lipinski definition) is 7. The maximum atomic E-state index is 13.9.